The molecule has 0 fully saturated rings. The summed E-state index contributed by atoms with van der Waals surface area (Å²) < 4.78 is 43.2. The molecular weight excluding hydrogens is 343 g/mol. The molecule has 0 heterocycles. The number of rotatable bonds is 7. The minimum absolute atomic E-state index is 0. The van der Waals surface area contributed by atoms with E-state index in [0.717, 1.165) is 17.7 Å². The Morgan fingerprint density at radius 2 is 1.75 bits per heavy atom. The van der Waals surface area contributed by atoms with Crippen LogP contribution in [0.15, 0.2) is 54.6 Å². The second-order valence-corrected chi connectivity index (χ2v) is 5.11. The maximum Gasteiger partial charge on any atom is 0.416 e. The minimum Gasteiger partial charge on any atom is -0.389 e. The van der Waals surface area contributed by atoms with Crippen molar-refractivity contribution >= 4 is 18.1 Å². The van der Waals surface area contributed by atoms with Crippen molar-refractivity contribution in [3.63, 3.8) is 0 Å². The molecule has 0 aliphatic carbocycles. The number of nitrogens with one attached hydrogen (secondary N) is 1. The zero-order valence-corrected chi connectivity index (χ0v) is 13.6. The van der Waals surface area contributed by atoms with Crippen LogP contribution in [-0.2, 0) is 17.5 Å². The van der Waals surface area contributed by atoms with Crippen molar-refractivity contribution in [3.05, 3.63) is 65.7 Å². The number of anilines is 1. The zero-order chi connectivity index (χ0) is 16.7. The van der Waals surface area contributed by atoms with Crippen LogP contribution >= 0.6 is 12.4 Å². The van der Waals surface area contributed by atoms with Gasteiger partial charge in [0.2, 0.25) is 0 Å². The number of alkyl halides is 3. The lowest BCUT2D eigenvalue weighted by atomic mass is 10.2. The van der Waals surface area contributed by atoms with Gasteiger partial charge in [0.25, 0.3) is 0 Å². The van der Waals surface area contributed by atoms with Crippen LogP contribution < -0.4 is 5.32 Å². The molecule has 7 heteroatoms. The van der Waals surface area contributed by atoms with E-state index in [1.165, 1.54) is 12.1 Å². The Balaban J connectivity index is 0.00000288. The quantitative estimate of drug-likeness (QED) is 0.779. The van der Waals surface area contributed by atoms with Gasteiger partial charge < -0.3 is 15.2 Å². The van der Waals surface area contributed by atoms with Crippen molar-refractivity contribution in [1.82, 2.24) is 0 Å². The Morgan fingerprint density at radius 3 is 2.42 bits per heavy atom. The number of hydrogen-bond donors (Lipinski definition) is 2. The highest BCUT2D eigenvalue weighted by Crippen LogP contribution is 2.30. The summed E-state index contributed by atoms with van der Waals surface area (Å²) in [6, 6.07) is 14.4. The predicted octanol–water partition coefficient (Wildman–Crippen LogP) is 4.12. The summed E-state index contributed by atoms with van der Waals surface area (Å²) in [6.45, 7) is 0.582. The van der Waals surface area contributed by atoms with E-state index in [-0.39, 0.29) is 25.6 Å². The monoisotopic (exact) mass is 361 g/mol. The molecule has 24 heavy (non-hydrogen) atoms. The largest absolute Gasteiger partial charge is 0.416 e. The summed E-state index contributed by atoms with van der Waals surface area (Å²) in [5.74, 6) is 0. The lowest BCUT2D eigenvalue weighted by Gasteiger charge is -2.14. The molecule has 0 saturated heterocycles. The summed E-state index contributed by atoms with van der Waals surface area (Å²) in [5.41, 5.74) is 0.574. The first-order chi connectivity index (χ1) is 10.9. The summed E-state index contributed by atoms with van der Waals surface area (Å²) >= 11 is 0. The van der Waals surface area contributed by atoms with Gasteiger partial charge >= 0.3 is 6.18 Å². The van der Waals surface area contributed by atoms with E-state index in [0.29, 0.717) is 12.3 Å². The van der Waals surface area contributed by atoms with E-state index in [4.69, 9.17) is 4.74 Å². The molecule has 0 aromatic heterocycles. The Hall–Kier alpha value is -1.76. The van der Waals surface area contributed by atoms with Crippen LogP contribution in [0.25, 0.3) is 0 Å². The maximum atomic E-state index is 12.6. The number of benzene rings is 2. The minimum atomic E-state index is -4.38. The van der Waals surface area contributed by atoms with Crippen LogP contribution in [0.5, 0.6) is 0 Å². The molecular formula is C17H19ClF3NO2. The summed E-state index contributed by atoms with van der Waals surface area (Å²) in [7, 11) is 0. The van der Waals surface area contributed by atoms with E-state index >= 15 is 0 Å². The maximum absolute atomic E-state index is 12.6. The van der Waals surface area contributed by atoms with Crippen LogP contribution in [0.4, 0.5) is 18.9 Å². The lowest BCUT2D eigenvalue weighted by molar-refractivity contribution is -0.137. The molecule has 132 valence electrons. The van der Waals surface area contributed by atoms with Crippen molar-refractivity contribution in [2.45, 2.75) is 18.9 Å². The molecule has 0 bridgehead atoms. The molecule has 0 saturated carbocycles. The van der Waals surface area contributed by atoms with Crippen molar-refractivity contribution in [2.75, 3.05) is 18.5 Å². The Morgan fingerprint density at radius 1 is 1.04 bits per heavy atom. The number of ether oxygens (including phenoxy) is 1. The molecule has 0 aliphatic rings. The number of halogens is 4. The van der Waals surface area contributed by atoms with E-state index in [2.05, 4.69) is 5.32 Å². The molecule has 0 amide bonds. The molecule has 1 atom stereocenters. The molecule has 0 radical (unpaired) electrons. The molecule has 1 unspecified atom stereocenters. The van der Waals surface area contributed by atoms with Gasteiger partial charge in [0.1, 0.15) is 0 Å². The molecule has 3 nitrogen and oxygen atoms in total. The number of aliphatic hydroxyl groups excluding tert-OH is 1. The summed E-state index contributed by atoms with van der Waals surface area (Å²) in [6.07, 6.45) is -5.19. The van der Waals surface area contributed by atoms with Gasteiger partial charge in [-0.25, -0.2) is 0 Å². The molecule has 2 rings (SSSR count). The Bertz CT molecular complexity index is 608. The van der Waals surface area contributed by atoms with Gasteiger partial charge in [0, 0.05) is 12.2 Å². The summed E-state index contributed by atoms with van der Waals surface area (Å²) in [5, 5.41) is 12.6. The second-order valence-electron chi connectivity index (χ2n) is 5.11. The highest BCUT2D eigenvalue weighted by molar-refractivity contribution is 5.85. The summed E-state index contributed by atoms with van der Waals surface area (Å²) in [4.78, 5) is 0. The average Bonchev–Trinajstić information content (AvgIpc) is 2.53. The average molecular weight is 362 g/mol. The van der Waals surface area contributed by atoms with Crippen molar-refractivity contribution < 1.29 is 23.0 Å². The fraction of sp³-hybridized carbons (Fsp3) is 0.294. The Labute approximate surface area is 144 Å². The van der Waals surface area contributed by atoms with Gasteiger partial charge in [-0.1, -0.05) is 36.4 Å². The van der Waals surface area contributed by atoms with E-state index < -0.39 is 17.8 Å². The smallest absolute Gasteiger partial charge is 0.389 e. The van der Waals surface area contributed by atoms with Crippen LogP contribution in [0.1, 0.15) is 11.1 Å². The van der Waals surface area contributed by atoms with E-state index in [1.807, 2.05) is 30.3 Å². The molecule has 2 N–H and O–H groups in total. The molecule has 2 aromatic rings. The van der Waals surface area contributed by atoms with Crippen LogP contribution in [-0.4, -0.2) is 24.4 Å². The normalized spacial score (nSPS) is 12.3. The first-order valence-corrected chi connectivity index (χ1v) is 7.16. The van der Waals surface area contributed by atoms with Gasteiger partial charge in [-0.2, -0.15) is 13.2 Å². The highest BCUT2D eigenvalue weighted by Gasteiger charge is 2.30. The van der Waals surface area contributed by atoms with Gasteiger partial charge in [0.05, 0.1) is 24.9 Å². The standard InChI is InChI=1S/C17H18F3NO2.ClH/c18-17(19,20)14-7-4-8-15(9-14)21-10-16(22)12-23-11-13-5-2-1-3-6-13;/h1-9,16,21-22H,10-12H2;1H. The molecule has 0 spiro atoms. The van der Waals surface area contributed by atoms with E-state index in [1.54, 1.807) is 0 Å². The third-order valence-corrected chi connectivity index (χ3v) is 3.15. The molecule has 2 aromatic carbocycles. The van der Waals surface area contributed by atoms with Gasteiger partial charge in [0.15, 0.2) is 0 Å². The lowest BCUT2D eigenvalue weighted by Crippen LogP contribution is -2.24. The van der Waals surface area contributed by atoms with Crippen molar-refractivity contribution in [3.8, 4) is 0 Å². The zero-order valence-electron chi connectivity index (χ0n) is 12.8. The first kappa shape index (κ1) is 20.3. The molecule has 0 aliphatic heterocycles. The van der Waals surface area contributed by atoms with Crippen molar-refractivity contribution in [2.24, 2.45) is 0 Å². The topological polar surface area (TPSA) is 41.5 Å². The highest BCUT2D eigenvalue weighted by atomic mass is 35.5. The fourth-order valence-electron chi connectivity index (χ4n) is 1.99. The fourth-order valence-corrected chi connectivity index (χ4v) is 1.99. The number of hydrogen-bond acceptors (Lipinski definition) is 3. The van der Waals surface area contributed by atoms with Crippen molar-refractivity contribution in [1.29, 1.82) is 0 Å². The van der Waals surface area contributed by atoms with Gasteiger partial charge in [-0.15, -0.1) is 12.4 Å². The number of aliphatic hydroxyl groups is 1. The second kappa shape index (κ2) is 9.52. The third kappa shape index (κ3) is 6.78. The van der Waals surface area contributed by atoms with Gasteiger partial charge in [-0.05, 0) is 23.8 Å². The van der Waals surface area contributed by atoms with E-state index in [9.17, 15) is 18.3 Å². The van der Waals surface area contributed by atoms with Crippen LogP contribution in [0.2, 0.25) is 0 Å². The predicted molar refractivity (Wildman–Crippen MR) is 89.3 cm³/mol. The SMILES string of the molecule is Cl.OC(CNc1cccc(C(F)(F)F)c1)COCc1ccccc1. The first-order valence-electron chi connectivity index (χ1n) is 7.16. The Kier molecular flexibility index (Phi) is 8.04. The van der Waals surface area contributed by atoms with Crippen LogP contribution in [0, 0.1) is 0 Å². The van der Waals surface area contributed by atoms with Crippen LogP contribution in [0.3, 0.4) is 0 Å². The van der Waals surface area contributed by atoms with Gasteiger partial charge in [-0.3, -0.25) is 0 Å². The third-order valence-electron chi connectivity index (χ3n) is 3.15.